The van der Waals surface area contributed by atoms with Crippen LogP contribution in [-0.4, -0.2) is 36.3 Å². The second-order valence-electron chi connectivity index (χ2n) is 6.55. The minimum atomic E-state index is 0.105. The highest BCUT2D eigenvalue weighted by atomic mass is 15.2. The molecule has 1 atom stereocenters. The van der Waals surface area contributed by atoms with E-state index in [0.717, 1.165) is 13.0 Å². The van der Waals surface area contributed by atoms with Crippen LogP contribution in [0.4, 0.5) is 0 Å². The molecule has 0 saturated carbocycles. The first kappa shape index (κ1) is 13.6. The van der Waals surface area contributed by atoms with Crippen LogP contribution in [-0.2, 0) is 0 Å². The van der Waals surface area contributed by atoms with E-state index >= 15 is 0 Å². The van der Waals surface area contributed by atoms with Crippen LogP contribution in [0.25, 0.3) is 0 Å². The number of nitrogens with zero attached hydrogens (tertiary/aromatic N) is 2. The molecule has 18 heavy (non-hydrogen) atoms. The van der Waals surface area contributed by atoms with E-state index in [1.165, 1.54) is 43.6 Å². The Labute approximate surface area is 111 Å². The van der Waals surface area contributed by atoms with Crippen LogP contribution in [0.2, 0.25) is 0 Å². The molecule has 0 radical (unpaired) electrons. The largest absolute Gasteiger partial charge is 0.404 e. The number of aliphatic imine (C=N–C) groups is 1. The Morgan fingerprint density at radius 1 is 1.33 bits per heavy atom. The summed E-state index contributed by atoms with van der Waals surface area (Å²) in [5, 5.41) is 0. The highest BCUT2D eigenvalue weighted by Crippen LogP contribution is 2.30. The first-order valence-corrected chi connectivity index (χ1v) is 7.22. The Balaban J connectivity index is 2.01. The van der Waals surface area contributed by atoms with E-state index in [0.29, 0.717) is 6.04 Å². The summed E-state index contributed by atoms with van der Waals surface area (Å²) < 4.78 is 0. The summed E-state index contributed by atoms with van der Waals surface area (Å²) in [7, 11) is 0. The quantitative estimate of drug-likeness (QED) is 0.817. The molecule has 0 aromatic heterocycles. The minimum absolute atomic E-state index is 0.105. The van der Waals surface area contributed by atoms with Gasteiger partial charge in [-0.1, -0.05) is 20.8 Å². The molecule has 1 unspecified atom stereocenters. The minimum Gasteiger partial charge on any atom is -0.404 e. The molecule has 0 amide bonds. The number of allylic oxidation sites excluding steroid dienone is 1. The van der Waals surface area contributed by atoms with Crippen molar-refractivity contribution >= 4 is 5.71 Å². The van der Waals surface area contributed by atoms with Gasteiger partial charge in [0.1, 0.15) is 0 Å². The predicted molar refractivity (Wildman–Crippen MR) is 77.9 cm³/mol. The third-order valence-electron chi connectivity index (χ3n) is 4.15. The Kier molecular flexibility index (Phi) is 4.10. The highest BCUT2D eigenvalue weighted by Gasteiger charge is 2.28. The topological polar surface area (TPSA) is 41.6 Å². The van der Waals surface area contributed by atoms with Gasteiger partial charge in [0.05, 0.1) is 6.54 Å². The standard InChI is InChI=1S/C15H27N3/c1-15(2,3)13(10-16)14-7-6-12(11-17-14)18-8-4-5-9-18/h10,12H,4-9,11,16H2,1-3H3/b13-10+. The molecule has 3 heteroatoms. The van der Waals surface area contributed by atoms with Crippen molar-refractivity contribution in [2.45, 2.75) is 52.5 Å². The van der Waals surface area contributed by atoms with Gasteiger partial charge < -0.3 is 5.73 Å². The monoisotopic (exact) mass is 249 g/mol. The maximum Gasteiger partial charge on any atom is 0.0548 e. The van der Waals surface area contributed by atoms with E-state index < -0.39 is 0 Å². The van der Waals surface area contributed by atoms with Gasteiger partial charge >= 0.3 is 0 Å². The van der Waals surface area contributed by atoms with E-state index in [1.807, 2.05) is 0 Å². The molecule has 2 aliphatic rings. The van der Waals surface area contributed by atoms with Crippen molar-refractivity contribution in [1.29, 1.82) is 0 Å². The zero-order valence-electron chi connectivity index (χ0n) is 12.1. The maximum absolute atomic E-state index is 5.79. The van der Waals surface area contributed by atoms with Crippen LogP contribution >= 0.6 is 0 Å². The molecule has 2 heterocycles. The first-order chi connectivity index (χ1) is 8.52. The van der Waals surface area contributed by atoms with Crippen molar-refractivity contribution in [2.24, 2.45) is 16.1 Å². The Morgan fingerprint density at radius 2 is 2.00 bits per heavy atom. The van der Waals surface area contributed by atoms with Crippen molar-refractivity contribution in [3.63, 3.8) is 0 Å². The predicted octanol–water partition coefficient (Wildman–Crippen LogP) is 2.57. The molecule has 3 nitrogen and oxygen atoms in total. The molecule has 0 bridgehead atoms. The Bertz CT molecular complexity index is 343. The molecule has 0 aliphatic carbocycles. The van der Waals surface area contributed by atoms with E-state index in [4.69, 9.17) is 10.7 Å². The highest BCUT2D eigenvalue weighted by molar-refractivity contribution is 6.01. The number of rotatable bonds is 2. The zero-order chi connectivity index (χ0) is 13.2. The van der Waals surface area contributed by atoms with Crippen LogP contribution in [0.5, 0.6) is 0 Å². The van der Waals surface area contributed by atoms with Crippen molar-refractivity contribution < 1.29 is 0 Å². The molecule has 1 saturated heterocycles. The maximum atomic E-state index is 5.79. The van der Waals surface area contributed by atoms with Gasteiger partial charge in [0, 0.05) is 11.8 Å². The summed E-state index contributed by atoms with van der Waals surface area (Å²) in [6.07, 6.45) is 6.81. The van der Waals surface area contributed by atoms with E-state index in [1.54, 1.807) is 6.20 Å². The summed E-state index contributed by atoms with van der Waals surface area (Å²) in [6.45, 7) is 10.1. The summed E-state index contributed by atoms with van der Waals surface area (Å²) in [5.74, 6) is 0. The number of hydrogen-bond donors (Lipinski definition) is 1. The Morgan fingerprint density at radius 3 is 2.44 bits per heavy atom. The van der Waals surface area contributed by atoms with Crippen LogP contribution in [0, 0.1) is 5.41 Å². The van der Waals surface area contributed by atoms with Crippen molar-refractivity contribution in [3.8, 4) is 0 Å². The summed E-state index contributed by atoms with van der Waals surface area (Å²) in [4.78, 5) is 7.43. The summed E-state index contributed by atoms with van der Waals surface area (Å²) in [5.41, 5.74) is 8.36. The molecule has 2 rings (SSSR count). The van der Waals surface area contributed by atoms with E-state index in [-0.39, 0.29) is 5.41 Å². The molecule has 0 aromatic carbocycles. The lowest BCUT2D eigenvalue weighted by atomic mass is 9.81. The smallest absolute Gasteiger partial charge is 0.0548 e. The molecule has 0 aromatic rings. The fourth-order valence-electron chi connectivity index (χ4n) is 3.09. The first-order valence-electron chi connectivity index (χ1n) is 7.22. The van der Waals surface area contributed by atoms with Gasteiger partial charge in [-0.3, -0.25) is 9.89 Å². The van der Waals surface area contributed by atoms with Crippen LogP contribution < -0.4 is 5.73 Å². The molecule has 0 spiro atoms. The molecule has 2 aliphatic heterocycles. The van der Waals surface area contributed by atoms with Gasteiger partial charge in [-0.05, 0) is 56.0 Å². The van der Waals surface area contributed by atoms with Crippen LogP contribution in [0.15, 0.2) is 16.8 Å². The van der Waals surface area contributed by atoms with Crippen LogP contribution in [0.1, 0.15) is 46.5 Å². The van der Waals surface area contributed by atoms with Gasteiger partial charge in [-0.2, -0.15) is 0 Å². The lowest BCUT2D eigenvalue weighted by Crippen LogP contribution is -2.38. The normalized spacial score (nSPS) is 27.4. The lowest BCUT2D eigenvalue weighted by molar-refractivity contribution is 0.234. The summed E-state index contributed by atoms with van der Waals surface area (Å²) in [6, 6.07) is 0.676. The zero-order valence-corrected chi connectivity index (χ0v) is 12.1. The number of nitrogens with two attached hydrogens (primary N) is 1. The molecular weight excluding hydrogens is 222 g/mol. The molecule has 1 fully saturated rings. The Hall–Kier alpha value is -0.830. The van der Waals surface area contributed by atoms with Crippen molar-refractivity contribution in [1.82, 2.24) is 4.90 Å². The second kappa shape index (κ2) is 5.43. The van der Waals surface area contributed by atoms with Crippen LogP contribution in [0.3, 0.4) is 0 Å². The third kappa shape index (κ3) is 2.94. The van der Waals surface area contributed by atoms with Gasteiger partial charge in [0.25, 0.3) is 0 Å². The molecule has 102 valence electrons. The average molecular weight is 249 g/mol. The van der Waals surface area contributed by atoms with Crippen molar-refractivity contribution in [2.75, 3.05) is 19.6 Å². The number of likely N-dealkylation sites (tertiary alicyclic amines) is 1. The lowest BCUT2D eigenvalue weighted by Gasteiger charge is -2.32. The molecule has 2 N–H and O–H groups in total. The fraction of sp³-hybridized carbons (Fsp3) is 0.800. The van der Waals surface area contributed by atoms with Gasteiger partial charge in [-0.25, -0.2) is 0 Å². The average Bonchev–Trinajstić information content (AvgIpc) is 2.82. The van der Waals surface area contributed by atoms with Gasteiger partial charge in [-0.15, -0.1) is 0 Å². The van der Waals surface area contributed by atoms with E-state index in [2.05, 4.69) is 25.7 Å². The number of hydrogen-bond acceptors (Lipinski definition) is 3. The second-order valence-corrected chi connectivity index (χ2v) is 6.55. The molecular formula is C15H27N3. The third-order valence-corrected chi connectivity index (χ3v) is 4.15. The van der Waals surface area contributed by atoms with Gasteiger partial charge in [0.15, 0.2) is 0 Å². The van der Waals surface area contributed by atoms with Crippen molar-refractivity contribution in [3.05, 3.63) is 11.8 Å². The SMILES string of the molecule is CC(C)(C)/C(=C/N)C1=NCC(N2CCCC2)CC1. The van der Waals surface area contributed by atoms with Gasteiger partial charge in [0.2, 0.25) is 0 Å². The van der Waals surface area contributed by atoms with E-state index in [9.17, 15) is 0 Å². The summed E-state index contributed by atoms with van der Waals surface area (Å²) >= 11 is 0. The fourth-order valence-corrected chi connectivity index (χ4v) is 3.09.